The van der Waals surface area contributed by atoms with Crippen molar-refractivity contribution in [2.75, 3.05) is 0 Å². The second kappa shape index (κ2) is 6.33. The van der Waals surface area contributed by atoms with Crippen molar-refractivity contribution in [3.63, 3.8) is 0 Å². The Balaban J connectivity index is 2.62. The summed E-state index contributed by atoms with van der Waals surface area (Å²) in [5, 5.41) is -0.258. The first-order valence-corrected chi connectivity index (χ1v) is 7.01. The monoisotopic (exact) mass is 349 g/mol. The van der Waals surface area contributed by atoms with Crippen molar-refractivity contribution in [2.45, 2.75) is 32.1 Å². The van der Waals surface area contributed by atoms with Crippen LogP contribution in [0.5, 0.6) is 0 Å². The number of H-pyrrole nitrogens is 1. The number of halogens is 6. The van der Waals surface area contributed by atoms with Crippen LogP contribution in [0.2, 0.25) is 0 Å². The standard InChI is InChI=1S/C16H13F6NO/c1-2-9(5-6-15(17,18)19)10-3-4-13-11(7-10)12(16(20,21)22)8-14(24)23-13/h3-5,7-8H,2,6H2,1H3,(H,23,24)/b9-5-. The quantitative estimate of drug-likeness (QED) is 0.750. The van der Waals surface area contributed by atoms with Gasteiger partial charge in [-0.1, -0.05) is 19.1 Å². The van der Waals surface area contributed by atoms with Gasteiger partial charge in [-0.3, -0.25) is 4.79 Å². The smallest absolute Gasteiger partial charge is 0.322 e. The third-order valence-electron chi connectivity index (χ3n) is 3.48. The molecule has 1 N–H and O–H groups in total. The van der Waals surface area contributed by atoms with Crippen LogP contribution >= 0.6 is 0 Å². The van der Waals surface area contributed by atoms with E-state index in [9.17, 15) is 31.1 Å². The Morgan fingerprint density at radius 1 is 1.12 bits per heavy atom. The van der Waals surface area contributed by atoms with Gasteiger partial charge >= 0.3 is 12.4 Å². The predicted octanol–water partition coefficient (Wildman–Crippen LogP) is 5.29. The fourth-order valence-electron chi connectivity index (χ4n) is 2.39. The molecule has 2 aromatic rings. The van der Waals surface area contributed by atoms with Crippen molar-refractivity contribution in [3.8, 4) is 0 Å². The highest BCUT2D eigenvalue weighted by molar-refractivity contribution is 5.86. The molecule has 1 aromatic heterocycles. The van der Waals surface area contributed by atoms with Crippen molar-refractivity contribution in [1.29, 1.82) is 0 Å². The number of hydrogen-bond donors (Lipinski definition) is 1. The summed E-state index contributed by atoms with van der Waals surface area (Å²) in [5.41, 5.74) is -1.49. The van der Waals surface area contributed by atoms with Gasteiger partial charge in [0.15, 0.2) is 0 Å². The van der Waals surface area contributed by atoms with Crippen molar-refractivity contribution in [3.05, 3.63) is 51.8 Å². The second-order valence-electron chi connectivity index (χ2n) is 5.21. The van der Waals surface area contributed by atoms with E-state index >= 15 is 0 Å². The highest BCUT2D eigenvalue weighted by atomic mass is 19.4. The minimum atomic E-state index is -4.74. The van der Waals surface area contributed by atoms with E-state index in [-0.39, 0.29) is 28.5 Å². The van der Waals surface area contributed by atoms with Crippen LogP contribution in [0.25, 0.3) is 16.5 Å². The number of aromatic amines is 1. The van der Waals surface area contributed by atoms with Crippen LogP contribution < -0.4 is 5.56 Å². The number of rotatable bonds is 3. The zero-order valence-electron chi connectivity index (χ0n) is 12.5. The molecule has 1 heterocycles. The molecule has 0 aliphatic carbocycles. The molecule has 0 fully saturated rings. The Morgan fingerprint density at radius 2 is 1.79 bits per heavy atom. The number of fused-ring (bicyclic) bond motifs is 1. The molecule has 0 aliphatic heterocycles. The number of alkyl halides is 6. The average molecular weight is 349 g/mol. The maximum atomic E-state index is 13.1. The van der Waals surface area contributed by atoms with Gasteiger partial charge < -0.3 is 4.98 Å². The summed E-state index contributed by atoms with van der Waals surface area (Å²) in [6.07, 6.45) is -9.11. The van der Waals surface area contributed by atoms with E-state index in [1.165, 1.54) is 12.1 Å². The van der Waals surface area contributed by atoms with E-state index in [0.717, 1.165) is 12.1 Å². The maximum Gasteiger partial charge on any atom is 0.417 e. The molecular formula is C16H13F6NO. The predicted molar refractivity (Wildman–Crippen MR) is 78.5 cm³/mol. The largest absolute Gasteiger partial charge is 0.417 e. The minimum Gasteiger partial charge on any atom is -0.322 e. The molecule has 0 unspecified atom stereocenters. The van der Waals surface area contributed by atoms with E-state index in [1.807, 2.05) is 0 Å². The van der Waals surface area contributed by atoms with Crippen LogP contribution in [-0.4, -0.2) is 11.2 Å². The van der Waals surface area contributed by atoms with E-state index < -0.39 is 29.9 Å². The third kappa shape index (κ3) is 4.18. The van der Waals surface area contributed by atoms with E-state index in [0.29, 0.717) is 6.07 Å². The zero-order chi connectivity index (χ0) is 18.1. The maximum absolute atomic E-state index is 13.1. The molecule has 0 amide bonds. The van der Waals surface area contributed by atoms with Crippen LogP contribution in [0.4, 0.5) is 26.3 Å². The molecule has 0 spiro atoms. The lowest BCUT2D eigenvalue weighted by atomic mass is 9.98. The van der Waals surface area contributed by atoms with Gasteiger partial charge in [0.25, 0.3) is 0 Å². The Hall–Kier alpha value is -2.25. The molecule has 0 aliphatic rings. The second-order valence-corrected chi connectivity index (χ2v) is 5.21. The number of nitrogens with one attached hydrogen (secondary N) is 1. The minimum absolute atomic E-state index is 0.0233. The van der Waals surface area contributed by atoms with Gasteiger partial charge in [0.2, 0.25) is 5.56 Å². The van der Waals surface area contributed by atoms with Gasteiger partial charge in [-0.15, -0.1) is 0 Å². The highest BCUT2D eigenvalue weighted by Crippen LogP contribution is 2.35. The molecule has 0 saturated carbocycles. The first kappa shape index (κ1) is 18.1. The first-order valence-electron chi connectivity index (χ1n) is 7.01. The molecule has 0 bridgehead atoms. The van der Waals surface area contributed by atoms with Crippen LogP contribution in [0.1, 0.15) is 30.9 Å². The van der Waals surface area contributed by atoms with Gasteiger partial charge in [-0.25, -0.2) is 0 Å². The van der Waals surface area contributed by atoms with Crippen LogP contribution in [0, 0.1) is 0 Å². The lowest BCUT2D eigenvalue weighted by Gasteiger charge is -2.13. The number of hydrogen-bond acceptors (Lipinski definition) is 1. The number of benzene rings is 1. The molecular weight excluding hydrogens is 336 g/mol. The van der Waals surface area contributed by atoms with Gasteiger partial charge in [0.05, 0.1) is 12.0 Å². The topological polar surface area (TPSA) is 32.9 Å². The van der Waals surface area contributed by atoms with Crippen LogP contribution in [-0.2, 0) is 6.18 Å². The first-order chi connectivity index (χ1) is 11.0. The summed E-state index contributed by atoms with van der Waals surface area (Å²) in [4.78, 5) is 13.6. The Bertz CT molecular complexity index is 829. The lowest BCUT2D eigenvalue weighted by molar-refractivity contribution is -0.136. The molecule has 0 saturated heterocycles. The van der Waals surface area contributed by atoms with Crippen molar-refractivity contribution < 1.29 is 26.3 Å². The molecule has 2 nitrogen and oxygen atoms in total. The van der Waals surface area contributed by atoms with Crippen molar-refractivity contribution in [2.24, 2.45) is 0 Å². The lowest BCUT2D eigenvalue weighted by Crippen LogP contribution is -2.14. The van der Waals surface area contributed by atoms with Crippen LogP contribution in [0.3, 0.4) is 0 Å². The summed E-state index contributed by atoms with van der Waals surface area (Å²) in [6, 6.07) is 4.25. The summed E-state index contributed by atoms with van der Waals surface area (Å²) < 4.78 is 76.4. The Kier molecular flexibility index (Phi) is 4.77. The Labute approximate surface area is 132 Å². The average Bonchev–Trinajstić information content (AvgIpc) is 2.45. The van der Waals surface area contributed by atoms with E-state index in [1.54, 1.807) is 6.92 Å². The summed E-state index contributed by atoms with van der Waals surface area (Å²) in [7, 11) is 0. The Morgan fingerprint density at radius 3 is 2.33 bits per heavy atom. The molecule has 1 aromatic carbocycles. The number of allylic oxidation sites excluding steroid dienone is 2. The van der Waals surface area contributed by atoms with E-state index in [4.69, 9.17) is 0 Å². The summed E-state index contributed by atoms with van der Waals surface area (Å²) in [5.74, 6) is 0. The third-order valence-corrected chi connectivity index (χ3v) is 3.48. The normalized spacial score (nSPS) is 13.5. The van der Waals surface area contributed by atoms with Gasteiger partial charge in [-0.2, -0.15) is 26.3 Å². The van der Waals surface area contributed by atoms with E-state index in [2.05, 4.69) is 4.98 Å². The van der Waals surface area contributed by atoms with Gasteiger partial charge in [-0.05, 0) is 29.7 Å². The van der Waals surface area contributed by atoms with Gasteiger partial charge in [0.1, 0.15) is 0 Å². The molecule has 24 heavy (non-hydrogen) atoms. The van der Waals surface area contributed by atoms with Gasteiger partial charge in [0, 0.05) is 17.0 Å². The fourth-order valence-corrected chi connectivity index (χ4v) is 2.39. The van der Waals surface area contributed by atoms with Crippen molar-refractivity contribution >= 4 is 16.5 Å². The molecule has 8 heteroatoms. The highest BCUT2D eigenvalue weighted by Gasteiger charge is 2.33. The SMILES string of the molecule is CC/C(=C/CC(F)(F)F)c1ccc2[nH]c(=O)cc(C(F)(F)F)c2c1. The fraction of sp³-hybridized carbons (Fsp3) is 0.312. The number of aromatic nitrogens is 1. The summed E-state index contributed by atoms with van der Waals surface area (Å²) >= 11 is 0. The summed E-state index contributed by atoms with van der Waals surface area (Å²) in [6.45, 7) is 1.62. The molecule has 0 atom stereocenters. The van der Waals surface area contributed by atoms with Crippen LogP contribution in [0.15, 0.2) is 35.1 Å². The zero-order valence-corrected chi connectivity index (χ0v) is 12.5. The molecule has 130 valence electrons. The van der Waals surface area contributed by atoms with Crippen molar-refractivity contribution in [1.82, 2.24) is 4.98 Å². The molecule has 0 radical (unpaired) electrons. The number of pyridine rings is 1. The molecule has 2 rings (SSSR count).